The molecule has 0 aliphatic rings. The van der Waals surface area contributed by atoms with Crippen LogP contribution in [0.15, 0.2) is 27.1 Å². The average Bonchev–Trinajstić information content (AvgIpc) is 2.80. The molecule has 1 unspecified atom stereocenters. The highest BCUT2D eigenvalue weighted by Crippen LogP contribution is 2.26. The van der Waals surface area contributed by atoms with E-state index in [0.717, 1.165) is 4.47 Å². The van der Waals surface area contributed by atoms with Gasteiger partial charge in [0.05, 0.1) is 11.6 Å². The van der Waals surface area contributed by atoms with E-state index < -0.39 is 0 Å². The van der Waals surface area contributed by atoms with Gasteiger partial charge in [0.15, 0.2) is 0 Å². The van der Waals surface area contributed by atoms with Crippen LogP contribution in [-0.2, 0) is 0 Å². The van der Waals surface area contributed by atoms with Crippen molar-refractivity contribution < 1.29 is 8.81 Å². The summed E-state index contributed by atoms with van der Waals surface area (Å²) < 4.78 is 19.8. The molecule has 0 amide bonds. The van der Waals surface area contributed by atoms with Crippen LogP contribution in [-0.4, -0.2) is 17.2 Å². The molecule has 90 valence electrons. The van der Waals surface area contributed by atoms with Crippen LogP contribution in [0, 0.1) is 5.82 Å². The summed E-state index contributed by atoms with van der Waals surface area (Å²) in [4.78, 5) is 0. The summed E-state index contributed by atoms with van der Waals surface area (Å²) in [5.41, 5.74) is 0.293. The van der Waals surface area contributed by atoms with Crippen molar-refractivity contribution in [3.63, 3.8) is 0 Å². The van der Waals surface area contributed by atoms with Crippen molar-refractivity contribution in [2.45, 2.75) is 13.0 Å². The number of halogens is 2. The molecule has 0 saturated heterocycles. The van der Waals surface area contributed by atoms with Gasteiger partial charge in [-0.15, -0.1) is 10.2 Å². The Bertz CT molecular complexity index is 529. The Labute approximate surface area is 106 Å². The first-order valence-electron chi connectivity index (χ1n) is 5.08. The van der Waals surface area contributed by atoms with Crippen molar-refractivity contribution >= 4 is 15.9 Å². The molecule has 0 fully saturated rings. The van der Waals surface area contributed by atoms with E-state index in [-0.39, 0.29) is 17.7 Å². The largest absolute Gasteiger partial charge is 0.419 e. The highest BCUT2D eigenvalue weighted by Gasteiger charge is 2.16. The molecule has 1 heterocycles. The molecule has 0 saturated carbocycles. The van der Waals surface area contributed by atoms with Gasteiger partial charge in [-0.2, -0.15) is 0 Å². The third kappa shape index (κ3) is 2.53. The van der Waals surface area contributed by atoms with E-state index in [0.29, 0.717) is 11.5 Å². The molecule has 1 aromatic carbocycles. The number of rotatable bonds is 3. The fourth-order valence-electron chi connectivity index (χ4n) is 1.30. The molecule has 1 atom stereocenters. The van der Waals surface area contributed by atoms with Gasteiger partial charge in [-0.3, -0.25) is 0 Å². The van der Waals surface area contributed by atoms with E-state index in [4.69, 9.17) is 4.42 Å². The van der Waals surface area contributed by atoms with Crippen molar-refractivity contribution in [2.75, 3.05) is 7.05 Å². The monoisotopic (exact) mass is 299 g/mol. The average molecular weight is 300 g/mol. The van der Waals surface area contributed by atoms with Crippen LogP contribution >= 0.6 is 15.9 Å². The zero-order chi connectivity index (χ0) is 12.4. The lowest BCUT2D eigenvalue weighted by molar-refractivity contribution is 0.439. The molecule has 0 bridgehead atoms. The van der Waals surface area contributed by atoms with Gasteiger partial charge in [-0.25, -0.2) is 4.39 Å². The number of hydrogen-bond donors (Lipinski definition) is 1. The van der Waals surface area contributed by atoms with Gasteiger partial charge in [0.2, 0.25) is 5.89 Å². The zero-order valence-electron chi connectivity index (χ0n) is 9.37. The normalized spacial score (nSPS) is 12.7. The van der Waals surface area contributed by atoms with Crippen molar-refractivity contribution in [3.8, 4) is 11.5 Å². The van der Waals surface area contributed by atoms with Crippen LogP contribution < -0.4 is 5.32 Å². The molecule has 1 N–H and O–H groups in total. The number of hydrogen-bond acceptors (Lipinski definition) is 4. The third-order valence-electron chi connectivity index (χ3n) is 2.40. The molecule has 17 heavy (non-hydrogen) atoms. The van der Waals surface area contributed by atoms with E-state index >= 15 is 0 Å². The summed E-state index contributed by atoms with van der Waals surface area (Å²) in [7, 11) is 1.79. The Morgan fingerprint density at radius 3 is 2.88 bits per heavy atom. The molecule has 0 radical (unpaired) electrons. The Kier molecular flexibility index (Phi) is 3.54. The highest BCUT2D eigenvalue weighted by atomic mass is 79.9. The first-order chi connectivity index (χ1) is 8.11. The highest BCUT2D eigenvalue weighted by molar-refractivity contribution is 9.10. The first-order valence-corrected chi connectivity index (χ1v) is 5.87. The predicted octanol–water partition coefficient (Wildman–Crippen LogP) is 2.92. The third-order valence-corrected chi connectivity index (χ3v) is 2.90. The molecule has 0 spiro atoms. The van der Waals surface area contributed by atoms with Crippen molar-refractivity contribution in [1.29, 1.82) is 0 Å². The van der Waals surface area contributed by atoms with Crippen molar-refractivity contribution in [1.82, 2.24) is 15.5 Å². The van der Waals surface area contributed by atoms with Gasteiger partial charge in [0, 0.05) is 4.47 Å². The minimum absolute atomic E-state index is 0.0635. The van der Waals surface area contributed by atoms with Gasteiger partial charge in [-0.05, 0) is 32.2 Å². The van der Waals surface area contributed by atoms with Gasteiger partial charge >= 0.3 is 0 Å². The molecule has 0 aliphatic carbocycles. The van der Waals surface area contributed by atoms with Crippen molar-refractivity contribution in [2.24, 2.45) is 0 Å². The number of aromatic nitrogens is 2. The van der Waals surface area contributed by atoms with E-state index in [1.807, 2.05) is 6.92 Å². The van der Waals surface area contributed by atoms with Gasteiger partial charge in [0.1, 0.15) is 5.82 Å². The summed E-state index contributed by atoms with van der Waals surface area (Å²) in [5.74, 6) is 0.225. The molecular weight excluding hydrogens is 289 g/mol. The quantitative estimate of drug-likeness (QED) is 0.947. The second-order valence-electron chi connectivity index (χ2n) is 3.58. The maximum atomic E-state index is 13.6. The van der Waals surface area contributed by atoms with E-state index in [1.54, 1.807) is 19.2 Å². The van der Waals surface area contributed by atoms with Crippen LogP contribution in [0.4, 0.5) is 4.39 Å². The lowest BCUT2D eigenvalue weighted by Gasteiger charge is -2.02. The fourth-order valence-corrected chi connectivity index (χ4v) is 1.66. The van der Waals surface area contributed by atoms with Gasteiger partial charge in [-0.1, -0.05) is 15.9 Å². The molecule has 4 nitrogen and oxygen atoms in total. The van der Waals surface area contributed by atoms with Crippen LogP contribution in [0.5, 0.6) is 0 Å². The van der Waals surface area contributed by atoms with Gasteiger partial charge < -0.3 is 9.73 Å². The van der Waals surface area contributed by atoms with E-state index in [1.165, 1.54) is 6.07 Å². The maximum Gasteiger partial charge on any atom is 0.250 e. The van der Waals surface area contributed by atoms with Crippen LogP contribution in [0.1, 0.15) is 18.9 Å². The lowest BCUT2D eigenvalue weighted by atomic mass is 10.2. The molecular formula is C11H11BrFN3O. The molecule has 2 aromatic rings. The number of benzene rings is 1. The fraction of sp³-hybridized carbons (Fsp3) is 0.273. The van der Waals surface area contributed by atoms with Gasteiger partial charge in [0.25, 0.3) is 5.89 Å². The van der Waals surface area contributed by atoms with Crippen molar-refractivity contribution in [3.05, 3.63) is 34.4 Å². The van der Waals surface area contributed by atoms with E-state index in [2.05, 4.69) is 31.4 Å². The van der Waals surface area contributed by atoms with Crippen LogP contribution in [0.2, 0.25) is 0 Å². The number of nitrogens with zero attached hydrogens (tertiary/aromatic N) is 2. The Balaban J connectivity index is 2.40. The summed E-state index contributed by atoms with van der Waals surface area (Å²) >= 11 is 3.27. The molecule has 2 rings (SSSR count). The Hall–Kier alpha value is -1.27. The SMILES string of the molecule is CNC(C)c1nnc(-c2cc(Br)ccc2F)o1. The molecule has 1 aromatic heterocycles. The second kappa shape index (κ2) is 4.93. The van der Waals surface area contributed by atoms with Crippen LogP contribution in [0.3, 0.4) is 0 Å². The number of nitrogens with one attached hydrogen (secondary N) is 1. The zero-order valence-corrected chi connectivity index (χ0v) is 11.0. The minimum Gasteiger partial charge on any atom is -0.419 e. The summed E-state index contributed by atoms with van der Waals surface area (Å²) in [6.45, 7) is 1.88. The topological polar surface area (TPSA) is 51.0 Å². The predicted molar refractivity (Wildman–Crippen MR) is 64.9 cm³/mol. The maximum absolute atomic E-state index is 13.6. The second-order valence-corrected chi connectivity index (χ2v) is 4.50. The smallest absolute Gasteiger partial charge is 0.250 e. The van der Waals surface area contributed by atoms with Crippen LogP contribution in [0.25, 0.3) is 11.5 Å². The lowest BCUT2D eigenvalue weighted by Crippen LogP contribution is -2.12. The Morgan fingerprint density at radius 2 is 2.18 bits per heavy atom. The molecule has 0 aliphatic heterocycles. The first kappa shape index (κ1) is 12.2. The summed E-state index contributed by atoms with van der Waals surface area (Å²) in [6.07, 6.45) is 0. The Morgan fingerprint density at radius 1 is 1.41 bits per heavy atom. The minimum atomic E-state index is -0.388. The summed E-state index contributed by atoms with van der Waals surface area (Å²) in [6, 6.07) is 4.51. The molecule has 6 heteroatoms. The summed E-state index contributed by atoms with van der Waals surface area (Å²) in [5, 5.41) is 10.7. The standard InChI is InChI=1S/C11H11BrFN3O/c1-6(14-2)10-15-16-11(17-10)8-5-7(12)3-4-9(8)13/h3-6,14H,1-2H3. The van der Waals surface area contributed by atoms with E-state index in [9.17, 15) is 4.39 Å².